The fourth-order valence-corrected chi connectivity index (χ4v) is 3.31. The zero-order chi connectivity index (χ0) is 13.3. The zero-order valence-electron chi connectivity index (χ0n) is 10.7. The standard InChI is InChI=1S/C13H18FNO2S/c1-15-9-4-3-7-11(15)10-6-5-8-12(13(10)14)18(2,16)17/h5-6,8,11H,3-4,7,9H2,1-2H3. The fourth-order valence-electron chi connectivity index (χ4n) is 2.54. The molecule has 1 heterocycles. The molecule has 3 nitrogen and oxygen atoms in total. The highest BCUT2D eigenvalue weighted by Gasteiger charge is 2.26. The van der Waals surface area contributed by atoms with Gasteiger partial charge in [-0.25, -0.2) is 12.8 Å². The van der Waals surface area contributed by atoms with Crippen molar-refractivity contribution in [1.82, 2.24) is 4.90 Å². The second kappa shape index (κ2) is 4.97. The maximum absolute atomic E-state index is 14.3. The van der Waals surface area contributed by atoms with Crippen LogP contribution >= 0.6 is 0 Å². The second-order valence-electron chi connectivity index (χ2n) is 4.92. The lowest BCUT2D eigenvalue weighted by Crippen LogP contribution is -2.30. The summed E-state index contributed by atoms with van der Waals surface area (Å²) in [5.41, 5.74) is 0.500. The Hall–Kier alpha value is -0.940. The highest BCUT2D eigenvalue weighted by atomic mass is 32.2. The SMILES string of the molecule is CN1CCCCC1c1cccc(S(C)(=O)=O)c1F. The third kappa shape index (κ3) is 2.57. The van der Waals surface area contributed by atoms with E-state index in [1.165, 1.54) is 6.07 Å². The highest BCUT2D eigenvalue weighted by Crippen LogP contribution is 2.32. The van der Waals surface area contributed by atoms with Crippen molar-refractivity contribution in [1.29, 1.82) is 0 Å². The van der Waals surface area contributed by atoms with Gasteiger partial charge >= 0.3 is 0 Å². The van der Waals surface area contributed by atoms with Gasteiger partial charge in [-0.15, -0.1) is 0 Å². The third-order valence-corrected chi connectivity index (χ3v) is 4.64. The van der Waals surface area contributed by atoms with Crippen molar-refractivity contribution in [3.63, 3.8) is 0 Å². The molecule has 1 aromatic carbocycles. The maximum atomic E-state index is 14.3. The number of hydrogen-bond donors (Lipinski definition) is 0. The molecule has 0 bridgehead atoms. The Labute approximate surface area is 108 Å². The molecule has 0 saturated carbocycles. The smallest absolute Gasteiger partial charge is 0.178 e. The summed E-state index contributed by atoms with van der Waals surface area (Å²) in [5.74, 6) is -0.584. The van der Waals surface area contributed by atoms with Crippen molar-refractivity contribution >= 4 is 9.84 Å². The van der Waals surface area contributed by atoms with Gasteiger partial charge in [-0.2, -0.15) is 0 Å². The Kier molecular flexibility index (Phi) is 3.73. The summed E-state index contributed by atoms with van der Waals surface area (Å²) >= 11 is 0. The van der Waals surface area contributed by atoms with Crippen LogP contribution in [-0.4, -0.2) is 33.2 Å². The molecule has 2 rings (SSSR count). The highest BCUT2D eigenvalue weighted by molar-refractivity contribution is 7.90. The van der Waals surface area contributed by atoms with E-state index >= 15 is 0 Å². The minimum atomic E-state index is -3.51. The van der Waals surface area contributed by atoms with Crippen LogP contribution in [0.5, 0.6) is 0 Å². The van der Waals surface area contributed by atoms with Crippen molar-refractivity contribution in [3.8, 4) is 0 Å². The summed E-state index contributed by atoms with van der Waals surface area (Å²) in [7, 11) is -1.55. The molecule has 1 atom stereocenters. The predicted octanol–water partition coefficient (Wildman–Crippen LogP) is 2.39. The molecule has 1 unspecified atom stereocenters. The number of nitrogens with zero attached hydrogens (tertiary/aromatic N) is 1. The van der Waals surface area contributed by atoms with E-state index in [-0.39, 0.29) is 10.9 Å². The molecule has 1 saturated heterocycles. The first kappa shape index (κ1) is 13.5. The van der Waals surface area contributed by atoms with E-state index in [1.54, 1.807) is 12.1 Å². The number of likely N-dealkylation sites (tertiary alicyclic amines) is 1. The minimum absolute atomic E-state index is 0.0135. The molecule has 18 heavy (non-hydrogen) atoms. The lowest BCUT2D eigenvalue weighted by Gasteiger charge is -2.33. The van der Waals surface area contributed by atoms with Gasteiger partial charge in [0.2, 0.25) is 0 Å². The van der Waals surface area contributed by atoms with Crippen molar-refractivity contribution in [3.05, 3.63) is 29.6 Å². The summed E-state index contributed by atoms with van der Waals surface area (Å²) < 4.78 is 37.4. The Morgan fingerprint density at radius 1 is 1.33 bits per heavy atom. The molecule has 0 aromatic heterocycles. The number of rotatable bonds is 2. The molecule has 0 spiro atoms. The van der Waals surface area contributed by atoms with E-state index < -0.39 is 15.7 Å². The first-order chi connectivity index (χ1) is 8.41. The van der Waals surface area contributed by atoms with E-state index in [1.807, 2.05) is 7.05 Å². The number of sulfone groups is 1. The van der Waals surface area contributed by atoms with Crippen LogP contribution in [0.15, 0.2) is 23.1 Å². The molecule has 0 radical (unpaired) electrons. The van der Waals surface area contributed by atoms with E-state index in [0.29, 0.717) is 5.56 Å². The van der Waals surface area contributed by atoms with Crippen LogP contribution in [-0.2, 0) is 9.84 Å². The van der Waals surface area contributed by atoms with Crippen LogP contribution in [0.4, 0.5) is 4.39 Å². The van der Waals surface area contributed by atoms with Crippen molar-refractivity contribution < 1.29 is 12.8 Å². The molecule has 1 aromatic rings. The summed E-state index contributed by atoms with van der Waals surface area (Å²) in [5, 5.41) is 0. The molecule has 5 heteroatoms. The van der Waals surface area contributed by atoms with Gasteiger partial charge in [-0.3, -0.25) is 4.90 Å². The van der Waals surface area contributed by atoms with Gasteiger partial charge in [0, 0.05) is 17.9 Å². The average molecular weight is 271 g/mol. The number of piperidine rings is 1. The normalized spacial score (nSPS) is 22.1. The number of hydrogen-bond acceptors (Lipinski definition) is 3. The topological polar surface area (TPSA) is 37.4 Å². The lowest BCUT2D eigenvalue weighted by molar-refractivity contribution is 0.183. The zero-order valence-corrected chi connectivity index (χ0v) is 11.5. The van der Waals surface area contributed by atoms with Gasteiger partial charge in [-0.1, -0.05) is 18.6 Å². The third-order valence-electron chi connectivity index (χ3n) is 3.52. The second-order valence-corrected chi connectivity index (χ2v) is 6.91. The summed E-state index contributed by atoms with van der Waals surface area (Å²) in [6.45, 7) is 0.924. The van der Waals surface area contributed by atoms with Gasteiger partial charge in [0.25, 0.3) is 0 Å². The van der Waals surface area contributed by atoms with Crippen LogP contribution in [0, 0.1) is 5.82 Å². The Morgan fingerprint density at radius 3 is 2.67 bits per heavy atom. The number of benzene rings is 1. The van der Waals surface area contributed by atoms with Crippen molar-refractivity contribution in [2.45, 2.75) is 30.2 Å². The molecule has 0 amide bonds. The van der Waals surface area contributed by atoms with Crippen LogP contribution in [0.1, 0.15) is 30.9 Å². The molecular weight excluding hydrogens is 253 g/mol. The molecule has 1 aliphatic heterocycles. The molecule has 1 aliphatic rings. The maximum Gasteiger partial charge on any atom is 0.178 e. The molecule has 0 aliphatic carbocycles. The Bertz CT molecular complexity index is 542. The van der Waals surface area contributed by atoms with Crippen LogP contribution in [0.25, 0.3) is 0 Å². The van der Waals surface area contributed by atoms with Crippen molar-refractivity contribution in [2.75, 3.05) is 19.8 Å². The van der Waals surface area contributed by atoms with Gasteiger partial charge in [0.15, 0.2) is 9.84 Å². The van der Waals surface area contributed by atoms with Crippen LogP contribution in [0.3, 0.4) is 0 Å². The fraction of sp³-hybridized carbons (Fsp3) is 0.538. The van der Waals surface area contributed by atoms with Gasteiger partial charge < -0.3 is 0 Å². The average Bonchev–Trinajstić information content (AvgIpc) is 2.29. The van der Waals surface area contributed by atoms with Gasteiger partial charge in [0.05, 0.1) is 0 Å². The van der Waals surface area contributed by atoms with E-state index in [2.05, 4.69) is 4.90 Å². The van der Waals surface area contributed by atoms with Gasteiger partial charge in [-0.05, 0) is 32.5 Å². The summed E-state index contributed by atoms with van der Waals surface area (Å²) in [4.78, 5) is 1.90. The Balaban J connectivity index is 2.46. The number of halogens is 1. The van der Waals surface area contributed by atoms with Crippen LogP contribution < -0.4 is 0 Å². The minimum Gasteiger partial charge on any atom is -0.299 e. The van der Waals surface area contributed by atoms with Crippen molar-refractivity contribution in [2.24, 2.45) is 0 Å². The first-order valence-corrected chi connectivity index (χ1v) is 7.99. The quantitative estimate of drug-likeness (QED) is 0.829. The predicted molar refractivity (Wildman–Crippen MR) is 68.7 cm³/mol. The van der Waals surface area contributed by atoms with Gasteiger partial charge in [0.1, 0.15) is 10.7 Å². The largest absolute Gasteiger partial charge is 0.299 e. The van der Waals surface area contributed by atoms with E-state index in [0.717, 1.165) is 32.1 Å². The van der Waals surface area contributed by atoms with E-state index in [4.69, 9.17) is 0 Å². The first-order valence-electron chi connectivity index (χ1n) is 6.10. The van der Waals surface area contributed by atoms with E-state index in [9.17, 15) is 12.8 Å². The molecule has 0 N–H and O–H groups in total. The molecule has 1 fully saturated rings. The van der Waals surface area contributed by atoms with Crippen LogP contribution in [0.2, 0.25) is 0 Å². The lowest BCUT2D eigenvalue weighted by atomic mass is 9.95. The molecule has 100 valence electrons. The monoisotopic (exact) mass is 271 g/mol. The summed E-state index contributed by atoms with van der Waals surface area (Å²) in [6, 6.07) is 4.63. The Morgan fingerprint density at radius 2 is 2.06 bits per heavy atom. The summed E-state index contributed by atoms with van der Waals surface area (Å²) in [6.07, 6.45) is 4.08. The molecular formula is C13H18FNO2S.